The number of ketones is 1. The largest absolute Gasteiger partial charge is 0.465 e. The van der Waals surface area contributed by atoms with Gasteiger partial charge >= 0.3 is 5.97 Å². The highest BCUT2D eigenvalue weighted by molar-refractivity contribution is 5.94. The average molecular weight is 395 g/mol. The Kier molecular flexibility index (Phi) is 8.74. The van der Waals surface area contributed by atoms with E-state index in [9.17, 15) is 9.59 Å². The fourth-order valence-corrected chi connectivity index (χ4v) is 2.64. The predicted molar refractivity (Wildman–Crippen MR) is 113 cm³/mol. The van der Waals surface area contributed by atoms with Crippen LogP contribution >= 0.6 is 0 Å². The lowest BCUT2D eigenvalue weighted by molar-refractivity contribution is -0.149. The van der Waals surface area contributed by atoms with Crippen molar-refractivity contribution >= 4 is 17.8 Å². The summed E-state index contributed by atoms with van der Waals surface area (Å²) in [5, 5.41) is 0. The average Bonchev–Trinajstić information content (AvgIpc) is 2.68. The number of hydrogen-bond donors (Lipinski definition) is 0. The Hall–Kier alpha value is -2.79. The van der Waals surface area contributed by atoms with Crippen molar-refractivity contribution in [1.29, 1.82) is 0 Å². The molecule has 1 aromatic heterocycles. The molecule has 29 heavy (non-hydrogen) atoms. The van der Waals surface area contributed by atoms with E-state index in [-0.39, 0.29) is 24.2 Å². The number of esters is 1. The summed E-state index contributed by atoms with van der Waals surface area (Å²) >= 11 is 0. The molecule has 0 spiro atoms. The molecule has 5 heteroatoms. The Morgan fingerprint density at radius 2 is 1.83 bits per heavy atom. The van der Waals surface area contributed by atoms with Crippen molar-refractivity contribution in [3.05, 3.63) is 71.6 Å². The number of hydrogen-bond acceptors (Lipinski definition) is 5. The molecule has 154 valence electrons. The van der Waals surface area contributed by atoms with E-state index >= 15 is 0 Å². The van der Waals surface area contributed by atoms with Gasteiger partial charge in [0.05, 0.1) is 19.8 Å². The summed E-state index contributed by atoms with van der Waals surface area (Å²) in [4.78, 5) is 26.5. The molecule has 0 aliphatic carbocycles. The third-order valence-corrected chi connectivity index (χ3v) is 4.15. The number of pyridine rings is 1. The number of rotatable bonds is 11. The van der Waals surface area contributed by atoms with Crippen LogP contribution in [0.15, 0.2) is 54.9 Å². The van der Waals surface area contributed by atoms with Crippen LogP contribution in [0.4, 0.5) is 0 Å². The van der Waals surface area contributed by atoms with E-state index in [4.69, 9.17) is 9.47 Å². The first kappa shape index (κ1) is 22.5. The topological polar surface area (TPSA) is 65.5 Å². The van der Waals surface area contributed by atoms with Crippen molar-refractivity contribution in [2.45, 2.75) is 33.6 Å². The lowest BCUT2D eigenvalue weighted by atomic mass is 9.96. The minimum Gasteiger partial charge on any atom is -0.465 e. The van der Waals surface area contributed by atoms with Gasteiger partial charge in [0.15, 0.2) is 0 Å². The van der Waals surface area contributed by atoms with E-state index in [1.165, 1.54) is 18.1 Å². The standard InChI is InChI=1S/C24H29NO4/c1-19(26)14-23(27)29-18-24(2,3)17-28-13-5-7-20-8-10-21(11-9-20)15-22-6-4-12-25-16-22/h4-12,16H,13-15,17-18H2,1-3H3/b7-5+. The zero-order valence-electron chi connectivity index (χ0n) is 17.4. The molecule has 0 aliphatic heterocycles. The number of benzene rings is 1. The fourth-order valence-electron chi connectivity index (χ4n) is 2.64. The lowest BCUT2D eigenvalue weighted by Gasteiger charge is -2.23. The number of carbonyl (C=O) groups excluding carboxylic acids is 2. The minimum atomic E-state index is -0.488. The van der Waals surface area contributed by atoms with Crippen LogP contribution in [0.25, 0.3) is 6.08 Å². The van der Waals surface area contributed by atoms with Crippen molar-refractivity contribution in [2.75, 3.05) is 19.8 Å². The molecule has 1 aromatic carbocycles. The number of aromatic nitrogens is 1. The third-order valence-electron chi connectivity index (χ3n) is 4.15. The first-order chi connectivity index (χ1) is 13.8. The number of carbonyl (C=O) groups is 2. The first-order valence-corrected chi connectivity index (χ1v) is 9.71. The molecule has 0 radical (unpaired) electrons. The molecule has 0 N–H and O–H groups in total. The number of nitrogens with zero attached hydrogens (tertiary/aromatic N) is 1. The van der Waals surface area contributed by atoms with E-state index in [1.54, 1.807) is 6.20 Å². The number of Topliss-reactive ketones (excluding diaryl/α,β-unsaturated/α-hetero) is 1. The molecule has 1 heterocycles. The summed E-state index contributed by atoms with van der Waals surface area (Å²) in [6.45, 7) is 6.44. The molecule has 0 aliphatic rings. The van der Waals surface area contributed by atoms with Crippen LogP contribution in [0.5, 0.6) is 0 Å². The van der Waals surface area contributed by atoms with Crippen molar-refractivity contribution in [3.8, 4) is 0 Å². The zero-order valence-corrected chi connectivity index (χ0v) is 17.4. The van der Waals surface area contributed by atoms with Crippen molar-refractivity contribution < 1.29 is 19.1 Å². The maximum atomic E-state index is 11.5. The smallest absolute Gasteiger partial charge is 0.313 e. The van der Waals surface area contributed by atoms with Gasteiger partial charge in [-0.2, -0.15) is 0 Å². The summed E-state index contributed by atoms with van der Waals surface area (Å²) in [6, 6.07) is 12.4. The van der Waals surface area contributed by atoms with Crippen LogP contribution in [0.3, 0.4) is 0 Å². The summed E-state index contributed by atoms with van der Waals surface area (Å²) in [5.41, 5.74) is 3.24. The van der Waals surface area contributed by atoms with Gasteiger partial charge in [-0.1, -0.05) is 56.3 Å². The molecule has 0 bridgehead atoms. The van der Waals surface area contributed by atoms with E-state index in [2.05, 4.69) is 35.3 Å². The SMILES string of the molecule is CC(=O)CC(=O)OCC(C)(C)COC/C=C/c1ccc(Cc2cccnc2)cc1. The highest BCUT2D eigenvalue weighted by Gasteiger charge is 2.21. The predicted octanol–water partition coefficient (Wildman–Crippen LogP) is 4.25. The minimum absolute atomic E-state index is 0.180. The third kappa shape index (κ3) is 9.30. The summed E-state index contributed by atoms with van der Waals surface area (Å²) in [5.74, 6) is -0.684. The van der Waals surface area contributed by atoms with E-state index < -0.39 is 5.97 Å². The second kappa shape index (κ2) is 11.3. The monoisotopic (exact) mass is 395 g/mol. The first-order valence-electron chi connectivity index (χ1n) is 9.71. The quantitative estimate of drug-likeness (QED) is 0.323. The van der Waals surface area contributed by atoms with Gasteiger partial charge in [-0.3, -0.25) is 14.6 Å². The lowest BCUT2D eigenvalue weighted by Crippen LogP contribution is -2.27. The van der Waals surface area contributed by atoms with E-state index in [0.29, 0.717) is 13.2 Å². The van der Waals surface area contributed by atoms with E-state index in [1.807, 2.05) is 38.3 Å². The van der Waals surface area contributed by atoms with Crippen LogP contribution in [0, 0.1) is 5.41 Å². The van der Waals surface area contributed by atoms with Crippen molar-refractivity contribution in [1.82, 2.24) is 4.98 Å². The second-order valence-electron chi connectivity index (χ2n) is 7.90. The van der Waals surface area contributed by atoms with Crippen LogP contribution in [0.2, 0.25) is 0 Å². The summed E-state index contributed by atoms with van der Waals surface area (Å²) < 4.78 is 10.8. The molecular weight excluding hydrogens is 366 g/mol. The Morgan fingerprint density at radius 3 is 2.48 bits per heavy atom. The van der Waals surface area contributed by atoms with E-state index in [0.717, 1.165) is 12.0 Å². The van der Waals surface area contributed by atoms with Gasteiger partial charge in [0.25, 0.3) is 0 Å². The Balaban J connectivity index is 1.70. The highest BCUT2D eigenvalue weighted by Crippen LogP contribution is 2.16. The van der Waals surface area contributed by atoms with Gasteiger partial charge in [-0.25, -0.2) is 0 Å². The van der Waals surface area contributed by atoms with Gasteiger partial charge in [0.2, 0.25) is 0 Å². The maximum absolute atomic E-state index is 11.5. The second-order valence-corrected chi connectivity index (χ2v) is 7.90. The summed E-state index contributed by atoms with van der Waals surface area (Å²) in [7, 11) is 0. The molecule has 0 unspecified atom stereocenters. The van der Waals surface area contributed by atoms with Gasteiger partial charge < -0.3 is 9.47 Å². The Morgan fingerprint density at radius 1 is 1.07 bits per heavy atom. The molecule has 5 nitrogen and oxygen atoms in total. The Bertz CT molecular complexity index is 811. The normalized spacial score (nSPS) is 11.6. The zero-order chi connectivity index (χ0) is 21.1. The highest BCUT2D eigenvalue weighted by atomic mass is 16.5. The van der Waals surface area contributed by atoms with Gasteiger partial charge in [-0.15, -0.1) is 0 Å². The molecule has 0 amide bonds. The fraction of sp³-hybridized carbons (Fsp3) is 0.375. The van der Waals surface area contributed by atoms with Gasteiger partial charge in [0.1, 0.15) is 12.2 Å². The number of ether oxygens (including phenoxy) is 2. The molecule has 0 fully saturated rings. The molecule has 2 aromatic rings. The van der Waals surface area contributed by atoms with Crippen LogP contribution < -0.4 is 0 Å². The Labute approximate surface area is 172 Å². The van der Waals surface area contributed by atoms with Crippen LogP contribution in [-0.4, -0.2) is 36.6 Å². The molecule has 2 rings (SSSR count). The molecule has 0 saturated heterocycles. The maximum Gasteiger partial charge on any atom is 0.313 e. The van der Waals surface area contributed by atoms with Gasteiger partial charge in [-0.05, 0) is 36.1 Å². The molecule has 0 atom stereocenters. The summed E-state index contributed by atoms with van der Waals surface area (Å²) in [6.07, 6.45) is 8.34. The van der Waals surface area contributed by atoms with Crippen LogP contribution in [-0.2, 0) is 25.5 Å². The van der Waals surface area contributed by atoms with Gasteiger partial charge in [0, 0.05) is 17.8 Å². The van der Waals surface area contributed by atoms with Crippen molar-refractivity contribution in [3.63, 3.8) is 0 Å². The molecular formula is C24H29NO4. The molecule has 0 saturated carbocycles. The van der Waals surface area contributed by atoms with Crippen molar-refractivity contribution in [2.24, 2.45) is 5.41 Å². The van der Waals surface area contributed by atoms with Crippen LogP contribution in [0.1, 0.15) is 43.9 Å².